The summed E-state index contributed by atoms with van der Waals surface area (Å²) in [5, 5.41) is 17.7. The summed E-state index contributed by atoms with van der Waals surface area (Å²) in [6, 6.07) is 0.102. The molecule has 0 bridgehead atoms. The molecule has 1 fully saturated rings. The zero-order chi connectivity index (χ0) is 26.8. The molecule has 3 atom stereocenters. The van der Waals surface area contributed by atoms with Crippen molar-refractivity contribution in [1.82, 2.24) is 15.5 Å². The molecule has 3 N–H and O–H groups in total. The third-order valence-electron chi connectivity index (χ3n) is 5.20. The number of carboxylic acids is 1. The highest BCUT2D eigenvalue weighted by atomic mass is 32.2. The molecule has 0 spiro atoms. The quantitative estimate of drug-likeness (QED) is 0.174. The van der Waals surface area contributed by atoms with Gasteiger partial charge >= 0.3 is 17.9 Å². The van der Waals surface area contributed by atoms with Crippen LogP contribution in [0.2, 0.25) is 0 Å². The smallest absolute Gasteiger partial charge is 0.355 e. The van der Waals surface area contributed by atoms with Gasteiger partial charge in [0.15, 0.2) is 17.0 Å². The number of carbonyl (C=O) groups is 6. The van der Waals surface area contributed by atoms with Gasteiger partial charge in [-0.1, -0.05) is 0 Å². The number of carbonyl (C=O) groups excluding carboxylic acids is 5. The van der Waals surface area contributed by atoms with Gasteiger partial charge in [0.05, 0.1) is 0 Å². The number of hydrogen-bond acceptors (Lipinski definition) is 10. The van der Waals surface area contributed by atoms with Crippen LogP contribution < -0.4 is 10.6 Å². The maximum absolute atomic E-state index is 13.3. The summed E-state index contributed by atoms with van der Waals surface area (Å²) < 4.78 is 10.5. The normalized spacial score (nSPS) is 22.1. The average molecular weight is 540 g/mol. The number of thioether (sulfide) groups is 1. The first-order chi connectivity index (χ1) is 16.8. The van der Waals surface area contributed by atoms with Gasteiger partial charge in [-0.05, 0) is 43.2 Å². The molecular weight excluding hydrogens is 514 g/mol. The zero-order valence-electron chi connectivity index (χ0n) is 19.9. The van der Waals surface area contributed by atoms with Gasteiger partial charge in [0, 0.05) is 18.2 Å². The first kappa shape index (κ1) is 27.2. The van der Waals surface area contributed by atoms with Crippen molar-refractivity contribution in [3.63, 3.8) is 0 Å². The fourth-order valence-electron chi connectivity index (χ4n) is 3.74. The number of hydrogen-bond donors (Lipinski definition) is 3. The highest BCUT2D eigenvalue weighted by Crippen LogP contribution is 2.48. The average Bonchev–Trinajstić information content (AvgIpc) is 3.28. The minimum Gasteiger partial charge on any atom is -0.480 e. The van der Waals surface area contributed by atoms with Crippen molar-refractivity contribution in [2.24, 2.45) is 0 Å². The van der Waals surface area contributed by atoms with Crippen LogP contribution in [-0.2, 0) is 38.2 Å². The van der Waals surface area contributed by atoms with Crippen LogP contribution >= 0.6 is 23.1 Å². The Bertz CT molecular complexity index is 1130. The first-order valence-corrected chi connectivity index (χ1v) is 12.6. The Morgan fingerprint density at radius 3 is 2.56 bits per heavy atom. The number of amides is 3. The molecule has 2 unspecified atom stereocenters. The summed E-state index contributed by atoms with van der Waals surface area (Å²) >= 11 is 2.21. The number of nitrogens with zero attached hydrogens (tertiary/aromatic N) is 1. The second-order valence-electron chi connectivity index (χ2n) is 8.92. The van der Waals surface area contributed by atoms with Gasteiger partial charge in [0.25, 0.3) is 5.91 Å². The minimum absolute atomic E-state index is 0.0335. The molecule has 3 heterocycles. The Labute approximate surface area is 214 Å². The standard InChI is InChI=1S/C22H25N3O9S2/c1-11(27)33-7-13-9-36-22(23-10-26)16(18(29)25(22)15(13)20(32)34-21(2,3)4)24-17(28)14(19(30)31)12-5-6-35-8-12/h5-6,8,10,14,16H,7,9H2,1-4H3,(H,23,26)(H,24,28)(H,30,31)/t14?,16-,22?/m1/s1. The molecule has 3 rings (SSSR count). The lowest BCUT2D eigenvalue weighted by Gasteiger charge is -2.58. The molecule has 36 heavy (non-hydrogen) atoms. The number of fused-ring (bicyclic) bond motifs is 1. The van der Waals surface area contributed by atoms with Crippen molar-refractivity contribution in [3.05, 3.63) is 33.7 Å². The van der Waals surface area contributed by atoms with Crippen LogP contribution in [-0.4, -0.2) is 75.1 Å². The van der Waals surface area contributed by atoms with E-state index < -0.39 is 52.3 Å². The van der Waals surface area contributed by atoms with E-state index in [1.807, 2.05) is 0 Å². The number of esters is 2. The molecule has 2 aliphatic rings. The van der Waals surface area contributed by atoms with Gasteiger partial charge < -0.3 is 25.2 Å². The number of thiophene rings is 1. The van der Waals surface area contributed by atoms with E-state index in [2.05, 4.69) is 10.6 Å². The number of β-lactam (4-membered cyclic amide) rings is 1. The van der Waals surface area contributed by atoms with E-state index >= 15 is 0 Å². The van der Waals surface area contributed by atoms with E-state index in [0.29, 0.717) is 6.41 Å². The highest BCUT2D eigenvalue weighted by Gasteiger charge is 2.66. The molecule has 194 valence electrons. The summed E-state index contributed by atoms with van der Waals surface area (Å²) in [5.74, 6) is -6.19. The molecule has 2 aliphatic heterocycles. The van der Waals surface area contributed by atoms with Crippen LogP contribution in [0.15, 0.2) is 28.1 Å². The second-order valence-corrected chi connectivity index (χ2v) is 10.9. The Morgan fingerprint density at radius 1 is 1.33 bits per heavy atom. The van der Waals surface area contributed by atoms with Gasteiger partial charge in [0.2, 0.25) is 12.3 Å². The third kappa shape index (κ3) is 5.23. The second kappa shape index (κ2) is 10.3. The van der Waals surface area contributed by atoms with Crippen LogP contribution in [0, 0.1) is 0 Å². The van der Waals surface area contributed by atoms with Gasteiger partial charge in [-0.15, -0.1) is 11.8 Å². The third-order valence-corrected chi connectivity index (χ3v) is 7.37. The van der Waals surface area contributed by atoms with E-state index in [1.54, 1.807) is 26.2 Å². The van der Waals surface area contributed by atoms with Gasteiger partial charge in [-0.25, -0.2) is 4.79 Å². The van der Waals surface area contributed by atoms with Crippen molar-refractivity contribution in [3.8, 4) is 0 Å². The van der Waals surface area contributed by atoms with Crippen molar-refractivity contribution in [1.29, 1.82) is 0 Å². The molecule has 1 aromatic heterocycles. The molecule has 0 radical (unpaired) electrons. The number of ether oxygens (including phenoxy) is 2. The lowest BCUT2D eigenvalue weighted by atomic mass is 9.95. The molecule has 3 amide bonds. The Hall–Kier alpha value is -3.39. The van der Waals surface area contributed by atoms with E-state index in [0.717, 1.165) is 16.7 Å². The Morgan fingerprint density at radius 2 is 2.03 bits per heavy atom. The summed E-state index contributed by atoms with van der Waals surface area (Å²) in [5.41, 5.74) is -0.644. The maximum Gasteiger partial charge on any atom is 0.355 e. The number of aliphatic carboxylic acids is 1. The zero-order valence-corrected chi connectivity index (χ0v) is 21.5. The van der Waals surface area contributed by atoms with Gasteiger partial charge in [0.1, 0.15) is 17.9 Å². The van der Waals surface area contributed by atoms with Crippen molar-refractivity contribution in [2.45, 2.75) is 50.3 Å². The topological polar surface area (TPSA) is 168 Å². The summed E-state index contributed by atoms with van der Waals surface area (Å²) in [4.78, 5) is 73.5. The largest absolute Gasteiger partial charge is 0.480 e. The molecular formula is C22H25N3O9S2. The van der Waals surface area contributed by atoms with Crippen LogP contribution in [0.1, 0.15) is 39.2 Å². The summed E-state index contributed by atoms with van der Waals surface area (Å²) in [7, 11) is 0. The van der Waals surface area contributed by atoms with E-state index in [9.17, 15) is 33.9 Å². The minimum atomic E-state index is -1.63. The predicted molar refractivity (Wildman–Crippen MR) is 127 cm³/mol. The van der Waals surface area contributed by atoms with Crippen LogP contribution in [0.5, 0.6) is 0 Å². The van der Waals surface area contributed by atoms with Crippen LogP contribution in [0.25, 0.3) is 0 Å². The number of carboxylic acid groups (broad SMARTS) is 1. The molecule has 12 nitrogen and oxygen atoms in total. The van der Waals surface area contributed by atoms with Crippen LogP contribution in [0.3, 0.4) is 0 Å². The van der Waals surface area contributed by atoms with Crippen molar-refractivity contribution in [2.75, 3.05) is 12.4 Å². The van der Waals surface area contributed by atoms with Crippen LogP contribution in [0.4, 0.5) is 0 Å². The fraction of sp³-hybridized carbons (Fsp3) is 0.455. The van der Waals surface area contributed by atoms with E-state index in [1.165, 1.54) is 29.7 Å². The maximum atomic E-state index is 13.3. The SMILES string of the molecule is CC(=O)OCC1=C(C(=O)OC(C)(C)C)N2C(=O)[C@@H](NC(=O)C(C(=O)O)c3ccsc3)C2(NC=O)SC1. The molecule has 1 aromatic rings. The lowest BCUT2D eigenvalue weighted by Crippen LogP contribution is -2.83. The van der Waals surface area contributed by atoms with E-state index in [4.69, 9.17) is 9.47 Å². The Balaban J connectivity index is 1.98. The summed E-state index contributed by atoms with van der Waals surface area (Å²) in [6.07, 6.45) is 0.308. The summed E-state index contributed by atoms with van der Waals surface area (Å²) in [6.45, 7) is 5.78. The molecule has 0 aromatic carbocycles. The molecule has 1 saturated heterocycles. The molecule has 14 heteroatoms. The monoisotopic (exact) mass is 539 g/mol. The first-order valence-electron chi connectivity index (χ1n) is 10.7. The number of rotatable bonds is 9. The molecule has 0 saturated carbocycles. The fourth-order valence-corrected chi connectivity index (χ4v) is 5.80. The number of nitrogens with one attached hydrogen (secondary N) is 2. The van der Waals surface area contributed by atoms with E-state index in [-0.39, 0.29) is 29.2 Å². The molecule has 0 aliphatic carbocycles. The van der Waals surface area contributed by atoms with Crippen molar-refractivity contribution >= 4 is 59.2 Å². The van der Waals surface area contributed by atoms with Gasteiger partial charge in [-0.2, -0.15) is 11.3 Å². The van der Waals surface area contributed by atoms with Crippen molar-refractivity contribution < 1.29 is 43.3 Å². The predicted octanol–water partition coefficient (Wildman–Crippen LogP) is 0.549. The van der Waals surface area contributed by atoms with Gasteiger partial charge in [-0.3, -0.25) is 28.9 Å². The Kier molecular flexibility index (Phi) is 7.79. The lowest BCUT2D eigenvalue weighted by molar-refractivity contribution is -0.166. The highest BCUT2D eigenvalue weighted by molar-refractivity contribution is 8.01.